The maximum Gasteiger partial charge on any atom is 0.124 e. The van der Waals surface area contributed by atoms with Crippen LogP contribution < -0.4 is 5.32 Å². The summed E-state index contributed by atoms with van der Waals surface area (Å²) in [6.45, 7) is 1.92. The van der Waals surface area contributed by atoms with Gasteiger partial charge in [-0.15, -0.1) is 11.3 Å². The van der Waals surface area contributed by atoms with Gasteiger partial charge in [-0.3, -0.25) is 0 Å². The van der Waals surface area contributed by atoms with E-state index in [9.17, 15) is 5.11 Å². The van der Waals surface area contributed by atoms with Gasteiger partial charge in [0.2, 0.25) is 0 Å². The van der Waals surface area contributed by atoms with Crippen molar-refractivity contribution in [1.82, 2.24) is 4.98 Å². The maximum atomic E-state index is 9.74. The molecule has 0 unspecified atom stereocenters. The van der Waals surface area contributed by atoms with Gasteiger partial charge >= 0.3 is 0 Å². The molecule has 1 heterocycles. The van der Waals surface area contributed by atoms with Gasteiger partial charge in [-0.25, -0.2) is 4.98 Å². The van der Waals surface area contributed by atoms with E-state index in [2.05, 4.69) is 22.4 Å². The van der Waals surface area contributed by atoms with Crippen LogP contribution in [0.5, 0.6) is 5.75 Å². The number of thiazole rings is 1. The molecule has 19 heavy (non-hydrogen) atoms. The van der Waals surface area contributed by atoms with Crippen molar-refractivity contribution in [3.05, 3.63) is 42.0 Å². The first-order chi connectivity index (χ1) is 9.19. The summed E-state index contributed by atoms with van der Waals surface area (Å²) in [4.78, 5) is 4.63. The first kappa shape index (κ1) is 12.0. The van der Waals surface area contributed by atoms with Gasteiger partial charge < -0.3 is 10.4 Å². The Morgan fingerprint density at radius 2 is 1.84 bits per heavy atom. The second-order valence-electron chi connectivity index (χ2n) is 4.40. The van der Waals surface area contributed by atoms with Crippen LogP contribution in [0.1, 0.15) is 5.56 Å². The van der Waals surface area contributed by atoms with E-state index >= 15 is 0 Å². The van der Waals surface area contributed by atoms with Gasteiger partial charge in [-0.1, -0.05) is 0 Å². The highest BCUT2D eigenvalue weighted by Gasteiger charge is 2.10. The fourth-order valence-electron chi connectivity index (χ4n) is 2.02. The van der Waals surface area contributed by atoms with Crippen LogP contribution in [-0.4, -0.2) is 17.1 Å². The molecule has 3 rings (SSSR count). The molecule has 0 fully saturated rings. The van der Waals surface area contributed by atoms with E-state index in [0.29, 0.717) is 5.75 Å². The lowest BCUT2D eigenvalue weighted by atomic mass is 10.2. The first-order valence-corrected chi connectivity index (χ1v) is 6.88. The van der Waals surface area contributed by atoms with Crippen LogP contribution in [0.2, 0.25) is 0 Å². The van der Waals surface area contributed by atoms with E-state index in [-0.39, 0.29) is 0 Å². The Kier molecular flexibility index (Phi) is 2.87. The molecule has 3 nitrogen and oxygen atoms in total. The Hall–Kier alpha value is -2.07. The third kappa shape index (κ3) is 2.04. The molecule has 3 aromatic rings. The third-order valence-electron chi connectivity index (χ3n) is 3.20. The summed E-state index contributed by atoms with van der Waals surface area (Å²) in [6.07, 6.45) is 0. The summed E-state index contributed by atoms with van der Waals surface area (Å²) in [5.74, 6) is 0.327. The van der Waals surface area contributed by atoms with Crippen molar-refractivity contribution in [2.45, 2.75) is 6.92 Å². The largest absolute Gasteiger partial charge is 0.508 e. The number of nitrogens with one attached hydrogen (secondary N) is 1. The average molecular weight is 270 g/mol. The average Bonchev–Trinajstić information content (AvgIpc) is 2.88. The summed E-state index contributed by atoms with van der Waals surface area (Å²) < 4.78 is 1.05. The topological polar surface area (TPSA) is 45.2 Å². The number of fused-ring (bicyclic) bond motifs is 1. The van der Waals surface area contributed by atoms with Gasteiger partial charge in [-0.2, -0.15) is 0 Å². The Labute approximate surface area is 115 Å². The van der Waals surface area contributed by atoms with Crippen molar-refractivity contribution < 1.29 is 5.11 Å². The quantitative estimate of drug-likeness (QED) is 0.739. The molecular formula is C15H14N2OS. The van der Waals surface area contributed by atoms with E-state index in [0.717, 1.165) is 32.0 Å². The van der Waals surface area contributed by atoms with Crippen molar-refractivity contribution in [1.29, 1.82) is 0 Å². The Morgan fingerprint density at radius 3 is 2.53 bits per heavy atom. The van der Waals surface area contributed by atoms with Gasteiger partial charge in [0.1, 0.15) is 10.8 Å². The van der Waals surface area contributed by atoms with Crippen LogP contribution in [0.15, 0.2) is 36.4 Å². The van der Waals surface area contributed by atoms with E-state index in [4.69, 9.17) is 0 Å². The highest BCUT2D eigenvalue weighted by molar-refractivity contribution is 7.21. The van der Waals surface area contributed by atoms with Crippen molar-refractivity contribution in [3.63, 3.8) is 0 Å². The van der Waals surface area contributed by atoms with Gasteiger partial charge in [-0.05, 0) is 43.3 Å². The second kappa shape index (κ2) is 4.55. The molecule has 0 saturated heterocycles. The Balaban J connectivity index is 2.12. The molecule has 0 amide bonds. The molecule has 0 atom stereocenters. The number of aryl methyl sites for hydroxylation is 1. The third-order valence-corrected chi connectivity index (χ3v) is 4.44. The molecule has 0 radical (unpaired) electrons. The summed E-state index contributed by atoms with van der Waals surface area (Å²) >= 11 is 1.61. The van der Waals surface area contributed by atoms with Crippen LogP contribution in [-0.2, 0) is 0 Å². The minimum Gasteiger partial charge on any atom is -0.508 e. The van der Waals surface area contributed by atoms with Crippen molar-refractivity contribution in [3.8, 4) is 16.3 Å². The van der Waals surface area contributed by atoms with Crippen LogP contribution >= 0.6 is 11.3 Å². The van der Waals surface area contributed by atoms with E-state index in [1.165, 1.54) is 0 Å². The first-order valence-electron chi connectivity index (χ1n) is 6.06. The normalized spacial score (nSPS) is 10.8. The molecule has 0 aliphatic carbocycles. The van der Waals surface area contributed by atoms with Crippen molar-refractivity contribution >= 4 is 27.2 Å². The number of aromatic hydroxyl groups is 1. The number of nitrogens with zero attached hydrogens (tertiary/aromatic N) is 1. The highest BCUT2D eigenvalue weighted by atomic mass is 32.1. The van der Waals surface area contributed by atoms with Crippen molar-refractivity contribution in [2.24, 2.45) is 0 Å². The monoisotopic (exact) mass is 270 g/mol. The van der Waals surface area contributed by atoms with Gasteiger partial charge in [0.25, 0.3) is 0 Å². The molecule has 0 saturated carbocycles. The summed E-state index contributed by atoms with van der Waals surface area (Å²) in [5.41, 5.74) is 4.01. The number of anilines is 1. The minimum atomic E-state index is 0.327. The number of aromatic nitrogens is 1. The number of hydrogen-bond acceptors (Lipinski definition) is 4. The SMILES string of the molecule is CNc1ccc(-c2nc3ccc(O)c(C)c3s2)cc1. The standard InChI is InChI=1S/C15H14N2OS/c1-9-13(18)8-7-12-14(9)19-15(17-12)10-3-5-11(16-2)6-4-10/h3-8,16,18H,1-2H3. The lowest BCUT2D eigenvalue weighted by molar-refractivity contribution is 0.472. The van der Waals surface area contributed by atoms with Gasteiger partial charge in [0, 0.05) is 23.9 Å². The molecule has 4 heteroatoms. The lowest BCUT2D eigenvalue weighted by Gasteiger charge is -2.00. The summed E-state index contributed by atoms with van der Waals surface area (Å²) in [7, 11) is 1.90. The molecule has 96 valence electrons. The lowest BCUT2D eigenvalue weighted by Crippen LogP contribution is -1.86. The van der Waals surface area contributed by atoms with Gasteiger partial charge in [0.05, 0.1) is 10.2 Å². The Morgan fingerprint density at radius 1 is 1.11 bits per heavy atom. The number of phenols is 1. The number of hydrogen-bond donors (Lipinski definition) is 2. The van der Waals surface area contributed by atoms with Crippen LogP contribution in [0, 0.1) is 6.92 Å². The minimum absolute atomic E-state index is 0.327. The fourth-order valence-corrected chi connectivity index (χ4v) is 3.08. The molecular weight excluding hydrogens is 256 g/mol. The van der Waals surface area contributed by atoms with Crippen LogP contribution in [0.3, 0.4) is 0 Å². The zero-order valence-electron chi connectivity index (χ0n) is 10.8. The molecule has 0 aliphatic rings. The van der Waals surface area contributed by atoms with E-state index in [1.807, 2.05) is 32.2 Å². The number of rotatable bonds is 2. The van der Waals surface area contributed by atoms with E-state index in [1.54, 1.807) is 17.4 Å². The smallest absolute Gasteiger partial charge is 0.124 e. The molecule has 0 spiro atoms. The molecule has 0 bridgehead atoms. The molecule has 0 aliphatic heterocycles. The molecule has 2 N–H and O–H groups in total. The number of phenolic OH excluding ortho intramolecular Hbond substituents is 1. The molecule has 1 aromatic heterocycles. The van der Waals surface area contributed by atoms with Gasteiger partial charge in [0.15, 0.2) is 0 Å². The summed E-state index contributed by atoms with van der Waals surface area (Å²) in [5, 5.41) is 13.8. The second-order valence-corrected chi connectivity index (χ2v) is 5.40. The number of benzene rings is 2. The zero-order chi connectivity index (χ0) is 13.4. The highest BCUT2D eigenvalue weighted by Crippen LogP contribution is 2.35. The van der Waals surface area contributed by atoms with Crippen molar-refractivity contribution in [2.75, 3.05) is 12.4 Å². The zero-order valence-corrected chi connectivity index (χ0v) is 11.6. The fraction of sp³-hybridized carbons (Fsp3) is 0.133. The predicted octanol–water partition coefficient (Wildman–Crippen LogP) is 4.02. The predicted molar refractivity (Wildman–Crippen MR) is 81.0 cm³/mol. The summed E-state index contributed by atoms with van der Waals surface area (Å²) in [6, 6.07) is 11.7. The van der Waals surface area contributed by atoms with Crippen LogP contribution in [0.25, 0.3) is 20.8 Å². The molecule has 2 aromatic carbocycles. The van der Waals surface area contributed by atoms with Crippen LogP contribution in [0.4, 0.5) is 5.69 Å². The Bertz CT molecular complexity index is 732. The van der Waals surface area contributed by atoms with E-state index < -0.39 is 0 Å². The maximum absolute atomic E-state index is 9.74.